The van der Waals surface area contributed by atoms with Gasteiger partial charge in [-0.15, -0.1) is 0 Å². The molecule has 0 aliphatic carbocycles. The predicted octanol–water partition coefficient (Wildman–Crippen LogP) is 2.57. The molecular weight excluding hydrogens is 317 g/mol. The number of rotatable bonds is 4. The summed E-state index contributed by atoms with van der Waals surface area (Å²) >= 11 is 5.69. The number of aliphatic hydroxyl groups excluding tert-OH is 1. The number of aliphatic hydroxyl groups is 1. The highest BCUT2D eigenvalue weighted by Gasteiger charge is 2.28. The minimum absolute atomic E-state index is 0.0264. The number of hydrogen-bond acceptors (Lipinski definition) is 3. The summed E-state index contributed by atoms with van der Waals surface area (Å²) in [4.78, 5) is 0. The lowest BCUT2D eigenvalue weighted by Crippen LogP contribution is -2.39. The molecule has 7 heteroatoms. The van der Waals surface area contributed by atoms with Gasteiger partial charge in [0.1, 0.15) is 5.82 Å². The van der Waals surface area contributed by atoms with Crippen LogP contribution in [0, 0.1) is 11.7 Å². The summed E-state index contributed by atoms with van der Waals surface area (Å²) in [5.74, 6) is -0.510. The second kappa shape index (κ2) is 6.60. The Morgan fingerprint density at radius 2 is 2.24 bits per heavy atom. The molecule has 2 unspecified atom stereocenters. The highest BCUT2D eigenvalue weighted by Crippen LogP contribution is 2.30. The summed E-state index contributed by atoms with van der Waals surface area (Å²) in [5.41, 5.74) is 0.205. The first-order chi connectivity index (χ1) is 9.77. The Bertz CT molecular complexity index is 608. The molecule has 118 valence electrons. The summed E-state index contributed by atoms with van der Waals surface area (Å²) in [6, 6.07) is 4.18. The number of sulfonamides is 1. The third-order valence-electron chi connectivity index (χ3n) is 3.83. The van der Waals surface area contributed by atoms with Crippen molar-refractivity contribution in [1.82, 2.24) is 4.31 Å². The molecule has 1 aliphatic rings. The molecular formula is C14H19ClFNO3S. The number of piperidine rings is 1. The maximum absolute atomic E-state index is 13.8. The Kier molecular flexibility index (Phi) is 5.24. The van der Waals surface area contributed by atoms with Crippen LogP contribution in [0.3, 0.4) is 0 Å². The van der Waals surface area contributed by atoms with E-state index in [1.165, 1.54) is 28.8 Å². The Morgan fingerprint density at radius 3 is 2.86 bits per heavy atom. The van der Waals surface area contributed by atoms with Gasteiger partial charge in [-0.1, -0.05) is 17.7 Å². The zero-order chi connectivity index (χ0) is 15.6. The number of halogens is 2. The fourth-order valence-corrected chi connectivity index (χ4v) is 3.84. The number of nitrogens with zero attached hydrogens (tertiary/aromatic N) is 1. The van der Waals surface area contributed by atoms with E-state index in [0.717, 1.165) is 12.8 Å². The van der Waals surface area contributed by atoms with Crippen molar-refractivity contribution >= 4 is 21.6 Å². The first-order valence-corrected chi connectivity index (χ1v) is 9.08. The molecule has 0 saturated carbocycles. The SMILES string of the molecule is CS(=O)(=O)N1CCCC(CC(O)c2ccc(Cl)cc2F)C1. The summed E-state index contributed by atoms with van der Waals surface area (Å²) in [5, 5.41) is 10.5. The molecule has 1 aliphatic heterocycles. The van der Waals surface area contributed by atoms with E-state index in [1.54, 1.807) is 0 Å². The van der Waals surface area contributed by atoms with Crippen molar-refractivity contribution in [2.75, 3.05) is 19.3 Å². The van der Waals surface area contributed by atoms with Gasteiger partial charge in [0, 0.05) is 23.7 Å². The average Bonchev–Trinajstić information content (AvgIpc) is 2.37. The lowest BCUT2D eigenvalue weighted by atomic mass is 9.91. The van der Waals surface area contributed by atoms with E-state index in [2.05, 4.69) is 0 Å². The fourth-order valence-electron chi connectivity index (χ4n) is 2.73. The Morgan fingerprint density at radius 1 is 1.52 bits per heavy atom. The lowest BCUT2D eigenvalue weighted by Gasteiger charge is -2.32. The Hall–Kier alpha value is -0.690. The molecule has 1 aromatic rings. The van der Waals surface area contributed by atoms with Crippen LogP contribution in [0.5, 0.6) is 0 Å². The van der Waals surface area contributed by atoms with Crippen LogP contribution in [-0.4, -0.2) is 37.2 Å². The second-order valence-corrected chi connectivity index (χ2v) is 7.97. The molecule has 2 rings (SSSR count). The van der Waals surface area contributed by atoms with Gasteiger partial charge in [-0.3, -0.25) is 0 Å². The monoisotopic (exact) mass is 335 g/mol. The topological polar surface area (TPSA) is 57.6 Å². The first-order valence-electron chi connectivity index (χ1n) is 6.85. The minimum Gasteiger partial charge on any atom is -0.388 e. The summed E-state index contributed by atoms with van der Waals surface area (Å²) in [6.07, 6.45) is 2.16. The normalized spacial score (nSPS) is 22.2. The van der Waals surface area contributed by atoms with Crippen LogP contribution in [0.4, 0.5) is 4.39 Å². The molecule has 4 nitrogen and oxygen atoms in total. The maximum Gasteiger partial charge on any atom is 0.211 e. The zero-order valence-electron chi connectivity index (χ0n) is 11.8. The summed E-state index contributed by atoms with van der Waals surface area (Å²) in [7, 11) is -3.21. The van der Waals surface area contributed by atoms with Crippen molar-refractivity contribution in [3.63, 3.8) is 0 Å². The van der Waals surface area contributed by atoms with E-state index in [4.69, 9.17) is 11.6 Å². The molecule has 0 aromatic heterocycles. The van der Waals surface area contributed by atoms with Crippen molar-refractivity contribution in [2.45, 2.75) is 25.4 Å². The van der Waals surface area contributed by atoms with Crippen molar-refractivity contribution in [1.29, 1.82) is 0 Å². The zero-order valence-corrected chi connectivity index (χ0v) is 13.4. The van der Waals surface area contributed by atoms with Gasteiger partial charge in [0.05, 0.1) is 12.4 Å². The van der Waals surface area contributed by atoms with E-state index in [-0.39, 0.29) is 16.5 Å². The summed E-state index contributed by atoms with van der Waals surface area (Å²) in [6.45, 7) is 0.895. The molecule has 1 aromatic carbocycles. The van der Waals surface area contributed by atoms with Crippen molar-refractivity contribution in [3.05, 3.63) is 34.6 Å². The molecule has 21 heavy (non-hydrogen) atoms. The second-order valence-electron chi connectivity index (χ2n) is 5.55. The van der Waals surface area contributed by atoms with Crippen LogP contribution in [0.15, 0.2) is 18.2 Å². The third kappa shape index (κ3) is 4.39. The van der Waals surface area contributed by atoms with Crippen molar-refractivity contribution in [3.8, 4) is 0 Å². The van der Waals surface area contributed by atoms with E-state index in [0.29, 0.717) is 19.5 Å². The van der Waals surface area contributed by atoms with Gasteiger partial charge in [-0.25, -0.2) is 17.1 Å². The smallest absolute Gasteiger partial charge is 0.211 e. The van der Waals surface area contributed by atoms with Gasteiger partial charge in [0.2, 0.25) is 10.0 Å². The largest absolute Gasteiger partial charge is 0.388 e. The highest BCUT2D eigenvalue weighted by molar-refractivity contribution is 7.88. The van der Waals surface area contributed by atoms with Crippen LogP contribution in [0.2, 0.25) is 5.02 Å². The van der Waals surface area contributed by atoms with Gasteiger partial charge in [-0.05, 0) is 37.3 Å². The standard InChI is InChI=1S/C14H19ClFNO3S/c1-21(19,20)17-6-2-3-10(9-17)7-14(18)12-5-4-11(15)8-13(12)16/h4-5,8,10,14,18H,2-3,6-7,9H2,1H3. The number of hydrogen-bond donors (Lipinski definition) is 1. The van der Waals surface area contributed by atoms with Gasteiger partial charge in [0.25, 0.3) is 0 Å². The predicted molar refractivity (Wildman–Crippen MR) is 80.1 cm³/mol. The molecule has 0 bridgehead atoms. The molecule has 1 heterocycles. The number of benzene rings is 1. The molecule has 0 spiro atoms. The van der Waals surface area contributed by atoms with Crippen LogP contribution in [-0.2, 0) is 10.0 Å². The first kappa shape index (κ1) is 16.7. The minimum atomic E-state index is -3.21. The maximum atomic E-state index is 13.8. The van der Waals surface area contributed by atoms with Gasteiger partial charge in [-0.2, -0.15) is 0 Å². The van der Waals surface area contributed by atoms with Crippen LogP contribution >= 0.6 is 11.6 Å². The summed E-state index contributed by atoms with van der Waals surface area (Å²) < 4.78 is 38.3. The van der Waals surface area contributed by atoms with Gasteiger partial charge in [0.15, 0.2) is 0 Å². The van der Waals surface area contributed by atoms with Gasteiger partial charge < -0.3 is 5.11 Å². The quantitative estimate of drug-likeness (QED) is 0.920. The molecule has 1 saturated heterocycles. The molecule has 0 amide bonds. The van der Waals surface area contributed by atoms with E-state index in [1.807, 2.05) is 0 Å². The van der Waals surface area contributed by atoms with E-state index < -0.39 is 21.9 Å². The molecule has 1 N–H and O–H groups in total. The van der Waals surface area contributed by atoms with Gasteiger partial charge >= 0.3 is 0 Å². The van der Waals surface area contributed by atoms with E-state index in [9.17, 15) is 17.9 Å². The van der Waals surface area contributed by atoms with Crippen LogP contribution < -0.4 is 0 Å². The Balaban J connectivity index is 2.03. The Labute approximate surface area is 129 Å². The average molecular weight is 336 g/mol. The molecule has 0 radical (unpaired) electrons. The third-order valence-corrected chi connectivity index (χ3v) is 5.33. The fraction of sp³-hybridized carbons (Fsp3) is 0.571. The van der Waals surface area contributed by atoms with Crippen molar-refractivity contribution < 1.29 is 17.9 Å². The molecule has 2 atom stereocenters. The van der Waals surface area contributed by atoms with E-state index >= 15 is 0 Å². The van der Waals surface area contributed by atoms with Crippen LogP contribution in [0.25, 0.3) is 0 Å². The van der Waals surface area contributed by atoms with Crippen LogP contribution in [0.1, 0.15) is 30.9 Å². The molecule has 1 fully saturated rings. The highest BCUT2D eigenvalue weighted by atomic mass is 35.5. The van der Waals surface area contributed by atoms with Crippen molar-refractivity contribution in [2.24, 2.45) is 5.92 Å². The lowest BCUT2D eigenvalue weighted by molar-refractivity contribution is 0.119.